The Labute approximate surface area is 170 Å². The molecule has 1 aromatic heterocycles. The summed E-state index contributed by atoms with van der Waals surface area (Å²) in [4.78, 5) is 40.6. The van der Waals surface area contributed by atoms with Gasteiger partial charge in [0.15, 0.2) is 6.61 Å². The average Bonchev–Trinajstić information content (AvgIpc) is 2.93. The zero-order valence-electron chi connectivity index (χ0n) is 16.0. The van der Waals surface area contributed by atoms with E-state index in [-0.39, 0.29) is 0 Å². The molecule has 3 rings (SSSR count). The number of urea groups is 1. The summed E-state index contributed by atoms with van der Waals surface area (Å²) in [5.41, 5.74) is 2.60. The number of halogens is 3. The van der Waals surface area contributed by atoms with Crippen molar-refractivity contribution < 1.29 is 32.3 Å². The monoisotopic (exact) mass is 423 g/mol. The minimum Gasteiger partial charge on any atom is -0.452 e. The van der Waals surface area contributed by atoms with E-state index in [1.807, 2.05) is 0 Å². The molecule has 1 aromatic carbocycles. The van der Waals surface area contributed by atoms with Gasteiger partial charge in [-0.15, -0.1) is 0 Å². The molecule has 160 valence electrons. The van der Waals surface area contributed by atoms with Crippen LogP contribution in [0.5, 0.6) is 0 Å². The molecule has 30 heavy (non-hydrogen) atoms. The van der Waals surface area contributed by atoms with E-state index >= 15 is 0 Å². The highest BCUT2D eigenvalue weighted by atomic mass is 19.4. The highest BCUT2D eigenvalue weighted by Crippen LogP contribution is 2.29. The third-order valence-electron chi connectivity index (χ3n) is 4.66. The van der Waals surface area contributed by atoms with Crippen molar-refractivity contribution >= 4 is 28.8 Å². The van der Waals surface area contributed by atoms with Gasteiger partial charge in [-0.1, -0.05) is 24.6 Å². The van der Waals surface area contributed by atoms with Crippen LogP contribution < -0.4 is 10.6 Å². The van der Waals surface area contributed by atoms with Crippen molar-refractivity contribution in [3.8, 4) is 0 Å². The smallest absolute Gasteiger partial charge is 0.405 e. The van der Waals surface area contributed by atoms with E-state index in [2.05, 4.69) is 4.98 Å². The first-order chi connectivity index (χ1) is 14.2. The van der Waals surface area contributed by atoms with Gasteiger partial charge in [0.05, 0.1) is 11.1 Å². The van der Waals surface area contributed by atoms with Crippen LogP contribution in [0.3, 0.4) is 0 Å². The minimum absolute atomic E-state index is 0.340. The van der Waals surface area contributed by atoms with Crippen LogP contribution in [0.4, 0.5) is 18.0 Å². The van der Waals surface area contributed by atoms with E-state index in [9.17, 15) is 27.6 Å². The van der Waals surface area contributed by atoms with E-state index in [0.717, 1.165) is 36.9 Å². The van der Waals surface area contributed by atoms with Gasteiger partial charge < -0.3 is 10.1 Å². The third-order valence-corrected chi connectivity index (χ3v) is 4.66. The zero-order valence-corrected chi connectivity index (χ0v) is 16.0. The third kappa shape index (κ3) is 5.46. The Morgan fingerprint density at radius 2 is 1.80 bits per heavy atom. The molecule has 0 unspecified atom stereocenters. The molecule has 1 aliphatic carbocycles. The summed E-state index contributed by atoms with van der Waals surface area (Å²) in [7, 11) is 0. The summed E-state index contributed by atoms with van der Waals surface area (Å²) >= 11 is 0. The molecule has 0 atom stereocenters. The number of imide groups is 1. The first kappa shape index (κ1) is 21.5. The molecule has 0 saturated heterocycles. The molecule has 0 spiro atoms. The molecule has 3 amide bonds. The summed E-state index contributed by atoms with van der Waals surface area (Å²) in [6.45, 7) is -2.38. The molecule has 0 aliphatic heterocycles. The lowest BCUT2D eigenvalue weighted by Gasteiger charge is -2.15. The summed E-state index contributed by atoms with van der Waals surface area (Å²) in [6, 6.07) is 5.78. The maximum atomic E-state index is 12.8. The molecule has 1 aliphatic rings. The lowest BCUT2D eigenvalue weighted by atomic mass is 9.97. The molecule has 10 heteroatoms. The van der Waals surface area contributed by atoms with Gasteiger partial charge in [-0.3, -0.25) is 15.1 Å². The van der Waals surface area contributed by atoms with Gasteiger partial charge in [0.2, 0.25) is 0 Å². The number of pyridine rings is 1. The molecular formula is C20H20F3N3O4. The highest BCUT2D eigenvalue weighted by molar-refractivity contribution is 6.06. The van der Waals surface area contributed by atoms with Crippen molar-refractivity contribution in [1.82, 2.24) is 15.6 Å². The van der Waals surface area contributed by atoms with Gasteiger partial charge in [0, 0.05) is 11.1 Å². The average molecular weight is 423 g/mol. The number of rotatable bonds is 4. The molecule has 0 fully saturated rings. The molecule has 7 nitrogen and oxygen atoms in total. The number of para-hydroxylation sites is 1. The fraction of sp³-hybridized carbons (Fsp3) is 0.400. The van der Waals surface area contributed by atoms with Gasteiger partial charge in [-0.2, -0.15) is 13.2 Å². The van der Waals surface area contributed by atoms with Crippen LogP contribution in [-0.4, -0.2) is 42.2 Å². The van der Waals surface area contributed by atoms with Gasteiger partial charge in [0.1, 0.15) is 6.54 Å². The van der Waals surface area contributed by atoms with Crippen LogP contribution in [0.1, 0.15) is 40.9 Å². The van der Waals surface area contributed by atoms with E-state index in [4.69, 9.17) is 4.74 Å². The quantitative estimate of drug-likeness (QED) is 0.582. The Hall–Kier alpha value is -3.17. The predicted octanol–water partition coefficient (Wildman–Crippen LogP) is 3.05. The van der Waals surface area contributed by atoms with Crippen molar-refractivity contribution in [2.45, 2.75) is 38.3 Å². The Bertz CT molecular complexity index is 976. The SMILES string of the molecule is O=C(COC(=O)c1c2c(nc3ccccc13)CCCCC2)NC(=O)NCC(F)(F)F. The van der Waals surface area contributed by atoms with Crippen LogP contribution in [0.2, 0.25) is 0 Å². The predicted molar refractivity (Wildman–Crippen MR) is 101 cm³/mol. The summed E-state index contributed by atoms with van der Waals surface area (Å²) < 4.78 is 41.3. The summed E-state index contributed by atoms with van der Waals surface area (Å²) in [6.07, 6.45) is -0.344. The fourth-order valence-corrected chi connectivity index (χ4v) is 3.37. The number of nitrogens with one attached hydrogen (secondary N) is 2. The lowest BCUT2D eigenvalue weighted by Crippen LogP contribution is -2.44. The molecule has 0 saturated carbocycles. The maximum absolute atomic E-state index is 12.8. The molecule has 1 heterocycles. The molecule has 2 aromatic rings. The number of fused-ring (bicyclic) bond motifs is 2. The fourth-order valence-electron chi connectivity index (χ4n) is 3.37. The largest absolute Gasteiger partial charge is 0.452 e. The van der Waals surface area contributed by atoms with Crippen molar-refractivity contribution in [3.05, 3.63) is 41.1 Å². The van der Waals surface area contributed by atoms with Gasteiger partial charge in [-0.25, -0.2) is 9.59 Å². The Morgan fingerprint density at radius 3 is 2.57 bits per heavy atom. The minimum atomic E-state index is -4.60. The number of aryl methyl sites for hydroxylation is 1. The number of carbonyl (C=O) groups excluding carboxylic acids is 3. The first-order valence-corrected chi connectivity index (χ1v) is 9.46. The number of benzene rings is 1. The van der Waals surface area contributed by atoms with E-state index in [0.29, 0.717) is 22.9 Å². The number of hydrogen-bond acceptors (Lipinski definition) is 5. The zero-order chi connectivity index (χ0) is 21.7. The Balaban J connectivity index is 1.72. The number of carbonyl (C=O) groups is 3. The van der Waals surface area contributed by atoms with Gasteiger partial charge >= 0.3 is 18.2 Å². The number of nitrogens with zero attached hydrogens (tertiary/aromatic N) is 1. The van der Waals surface area contributed by atoms with Crippen LogP contribution in [0.25, 0.3) is 10.9 Å². The van der Waals surface area contributed by atoms with Crippen molar-refractivity contribution in [2.75, 3.05) is 13.2 Å². The number of amides is 3. The number of aromatic nitrogens is 1. The number of esters is 1. The van der Waals surface area contributed by atoms with Crippen molar-refractivity contribution in [2.24, 2.45) is 0 Å². The number of ether oxygens (including phenoxy) is 1. The van der Waals surface area contributed by atoms with E-state index in [1.165, 1.54) is 5.32 Å². The summed E-state index contributed by atoms with van der Waals surface area (Å²) in [5, 5.41) is 3.79. The topological polar surface area (TPSA) is 97.4 Å². The van der Waals surface area contributed by atoms with Crippen LogP contribution in [0.15, 0.2) is 24.3 Å². The van der Waals surface area contributed by atoms with Crippen molar-refractivity contribution in [3.63, 3.8) is 0 Å². The van der Waals surface area contributed by atoms with Gasteiger partial charge in [-0.05, 0) is 37.3 Å². The van der Waals surface area contributed by atoms with E-state index in [1.54, 1.807) is 29.6 Å². The first-order valence-electron chi connectivity index (χ1n) is 9.46. The number of hydrogen-bond donors (Lipinski definition) is 2. The van der Waals surface area contributed by atoms with Gasteiger partial charge in [0.25, 0.3) is 5.91 Å². The highest BCUT2D eigenvalue weighted by Gasteiger charge is 2.28. The van der Waals surface area contributed by atoms with Crippen LogP contribution >= 0.6 is 0 Å². The standard InChI is InChI=1S/C20H20F3N3O4/c21-20(22,23)11-24-19(29)26-16(27)10-30-18(28)17-12-6-2-1-3-8-14(12)25-15-9-5-4-7-13(15)17/h4-5,7,9H,1-3,6,8,10-11H2,(H2,24,26,27,29). The van der Waals surface area contributed by atoms with E-state index < -0.39 is 37.2 Å². The van der Waals surface area contributed by atoms with Crippen LogP contribution in [0, 0.1) is 0 Å². The summed E-state index contributed by atoms with van der Waals surface area (Å²) in [5.74, 6) is -1.77. The molecular weight excluding hydrogens is 403 g/mol. The molecule has 2 N–H and O–H groups in total. The Morgan fingerprint density at radius 1 is 1.07 bits per heavy atom. The van der Waals surface area contributed by atoms with Crippen LogP contribution in [-0.2, 0) is 22.4 Å². The maximum Gasteiger partial charge on any atom is 0.405 e. The number of alkyl halides is 3. The molecule has 0 bridgehead atoms. The lowest BCUT2D eigenvalue weighted by molar-refractivity contribution is -0.125. The second kappa shape index (κ2) is 9.10. The van der Waals surface area contributed by atoms with Crippen molar-refractivity contribution in [1.29, 1.82) is 0 Å². The normalized spacial score (nSPS) is 13.8. The second-order valence-corrected chi connectivity index (χ2v) is 6.91. The molecule has 0 radical (unpaired) electrons. The Kier molecular flexibility index (Phi) is 6.53. The second-order valence-electron chi connectivity index (χ2n) is 6.91.